The number of rotatable bonds is 5. The molecule has 0 atom stereocenters. The Morgan fingerprint density at radius 1 is 1.29 bits per heavy atom. The fraction of sp³-hybridized carbons (Fsp3) is 0.625. The summed E-state index contributed by atoms with van der Waals surface area (Å²) in [6.45, 7) is 11.4. The van der Waals surface area contributed by atoms with E-state index in [1.54, 1.807) is 0 Å². The predicted molar refractivity (Wildman–Crippen MR) is 87.6 cm³/mol. The number of halogens is 1. The number of benzene rings is 1. The summed E-state index contributed by atoms with van der Waals surface area (Å²) in [5, 5.41) is 4.04. The van der Waals surface area contributed by atoms with Crippen LogP contribution >= 0.6 is 11.6 Å². The highest BCUT2D eigenvalue weighted by Crippen LogP contribution is 2.33. The third-order valence-corrected chi connectivity index (χ3v) is 3.63. The van der Waals surface area contributed by atoms with Gasteiger partial charge < -0.3 is 14.8 Å². The van der Waals surface area contributed by atoms with Gasteiger partial charge in [-0.2, -0.15) is 0 Å². The SMILES string of the molecule is CC(C)(C)Nc1cccc(OCCN2CCOCC2)c1Cl. The summed E-state index contributed by atoms with van der Waals surface area (Å²) in [5.41, 5.74) is 0.879. The van der Waals surface area contributed by atoms with Crippen LogP contribution in [0.2, 0.25) is 5.02 Å². The van der Waals surface area contributed by atoms with Gasteiger partial charge in [0.1, 0.15) is 17.4 Å². The molecule has 0 amide bonds. The van der Waals surface area contributed by atoms with Crippen LogP contribution in [0.25, 0.3) is 0 Å². The summed E-state index contributed by atoms with van der Waals surface area (Å²) in [4.78, 5) is 2.34. The van der Waals surface area contributed by atoms with Crippen molar-refractivity contribution in [3.63, 3.8) is 0 Å². The van der Waals surface area contributed by atoms with E-state index < -0.39 is 0 Å². The first kappa shape index (κ1) is 16.4. The summed E-state index contributed by atoms with van der Waals surface area (Å²) in [5.74, 6) is 0.735. The molecule has 1 N–H and O–H groups in total. The first-order valence-corrected chi connectivity index (χ1v) is 7.83. The van der Waals surface area contributed by atoms with Crippen LogP contribution in [-0.4, -0.2) is 49.9 Å². The lowest BCUT2D eigenvalue weighted by molar-refractivity contribution is 0.0322. The van der Waals surface area contributed by atoms with Crippen molar-refractivity contribution in [2.45, 2.75) is 26.3 Å². The van der Waals surface area contributed by atoms with Gasteiger partial charge in [0.25, 0.3) is 0 Å². The molecular weight excluding hydrogens is 288 g/mol. The van der Waals surface area contributed by atoms with Crippen LogP contribution in [0.15, 0.2) is 18.2 Å². The number of ether oxygens (including phenoxy) is 2. The predicted octanol–water partition coefficient (Wildman–Crippen LogP) is 3.26. The Hall–Kier alpha value is -0.970. The van der Waals surface area contributed by atoms with Crippen molar-refractivity contribution in [3.8, 4) is 5.75 Å². The third-order valence-electron chi connectivity index (χ3n) is 3.24. The molecule has 1 saturated heterocycles. The standard InChI is InChI=1S/C16H25ClN2O2/c1-16(2,3)18-13-5-4-6-14(15(13)17)21-12-9-19-7-10-20-11-8-19/h4-6,18H,7-12H2,1-3H3. The van der Waals surface area contributed by atoms with Crippen molar-refractivity contribution in [2.75, 3.05) is 44.8 Å². The Balaban J connectivity index is 1.89. The maximum absolute atomic E-state index is 6.42. The van der Waals surface area contributed by atoms with Crippen molar-refractivity contribution < 1.29 is 9.47 Å². The first-order valence-electron chi connectivity index (χ1n) is 7.45. The van der Waals surface area contributed by atoms with Crippen LogP contribution in [-0.2, 0) is 4.74 Å². The van der Waals surface area contributed by atoms with Gasteiger partial charge in [0.05, 0.1) is 18.9 Å². The largest absolute Gasteiger partial charge is 0.491 e. The van der Waals surface area contributed by atoms with Crippen LogP contribution in [0.3, 0.4) is 0 Å². The lowest BCUT2D eigenvalue weighted by atomic mass is 10.1. The Kier molecular flexibility index (Phi) is 5.73. The second-order valence-corrected chi connectivity index (χ2v) is 6.67. The van der Waals surface area contributed by atoms with Gasteiger partial charge in [-0.25, -0.2) is 0 Å². The summed E-state index contributed by atoms with van der Waals surface area (Å²) >= 11 is 6.42. The molecule has 4 nitrogen and oxygen atoms in total. The van der Waals surface area contributed by atoms with Crippen molar-refractivity contribution >= 4 is 17.3 Å². The van der Waals surface area contributed by atoms with Crippen molar-refractivity contribution in [3.05, 3.63) is 23.2 Å². The highest BCUT2D eigenvalue weighted by molar-refractivity contribution is 6.34. The molecule has 0 aliphatic carbocycles. The summed E-state index contributed by atoms with van der Waals surface area (Å²) in [6.07, 6.45) is 0. The molecule has 0 spiro atoms. The lowest BCUT2D eigenvalue weighted by Crippen LogP contribution is -2.38. The number of nitrogens with one attached hydrogen (secondary N) is 1. The number of nitrogens with zero attached hydrogens (tertiary/aromatic N) is 1. The highest BCUT2D eigenvalue weighted by Gasteiger charge is 2.15. The fourth-order valence-corrected chi connectivity index (χ4v) is 2.46. The molecule has 1 heterocycles. The van der Waals surface area contributed by atoms with Gasteiger partial charge in [-0.05, 0) is 32.9 Å². The van der Waals surface area contributed by atoms with Crippen molar-refractivity contribution in [1.29, 1.82) is 0 Å². The van der Waals surface area contributed by atoms with E-state index in [1.165, 1.54) is 0 Å². The number of morpholine rings is 1. The van der Waals surface area contributed by atoms with E-state index >= 15 is 0 Å². The van der Waals surface area contributed by atoms with E-state index in [0.29, 0.717) is 11.6 Å². The van der Waals surface area contributed by atoms with Gasteiger partial charge in [-0.1, -0.05) is 17.7 Å². The Bertz CT molecular complexity index is 454. The maximum Gasteiger partial charge on any atom is 0.140 e. The maximum atomic E-state index is 6.42. The van der Waals surface area contributed by atoms with Gasteiger partial charge in [-0.15, -0.1) is 0 Å². The van der Waals surface area contributed by atoms with Gasteiger partial charge in [-0.3, -0.25) is 4.90 Å². The molecule has 1 fully saturated rings. The fourth-order valence-electron chi connectivity index (χ4n) is 2.23. The summed E-state index contributed by atoms with van der Waals surface area (Å²) in [7, 11) is 0. The van der Waals surface area contributed by atoms with E-state index in [2.05, 4.69) is 31.0 Å². The Morgan fingerprint density at radius 3 is 2.67 bits per heavy atom. The molecule has 0 unspecified atom stereocenters. The molecule has 0 aromatic heterocycles. The number of hydrogen-bond acceptors (Lipinski definition) is 4. The lowest BCUT2D eigenvalue weighted by Gasteiger charge is -2.26. The molecule has 118 valence electrons. The zero-order chi connectivity index (χ0) is 15.3. The monoisotopic (exact) mass is 312 g/mol. The zero-order valence-corrected chi connectivity index (χ0v) is 13.9. The van der Waals surface area contributed by atoms with Crippen molar-refractivity contribution in [1.82, 2.24) is 4.90 Å². The van der Waals surface area contributed by atoms with Crippen LogP contribution in [0.5, 0.6) is 5.75 Å². The van der Waals surface area contributed by atoms with E-state index in [0.717, 1.165) is 44.3 Å². The summed E-state index contributed by atoms with van der Waals surface area (Å²) < 4.78 is 11.2. The normalized spacial score (nSPS) is 16.8. The van der Waals surface area contributed by atoms with Crippen LogP contribution in [0.1, 0.15) is 20.8 Å². The first-order chi connectivity index (χ1) is 9.96. The van der Waals surface area contributed by atoms with Gasteiger partial charge in [0, 0.05) is 25.2 Å². The number of anilines is 1. The van der Waals surface area contributed by atoms with E-state index in [1.807, 2.05) is 18.2 Å². The second kappa shape index (κ2) is 7.34. The second-order valence-electron chi connectivity index (χ2n) is 6.30. The average molecular weight is 313 g/mol. The van der Waals surface area contributed by atoms with Crippen LogP contribution in [0, 0.1) is 0 Å². The molecule has 0 bridgehead atoms. The zero-order valence-electron chi connectivity index (χ0n) is 13.1. The molecule has 2 rings (SSSR count). The third kappa shape index (κ3) is 5.38. The quantitative estimate of drug-likeness (QED) is 0.905. The van der Waals surface area contributed by atoms with E-state index in [4.69, 9.17) is 21.1 Å². The van der Waals surface area contributed by atoms with Crippen LogP contribution < -0.4 is 10.1 Å². The van der Waals surface area contributed by atoms with Crippen molar-refractivity contribution in [2.24, 2.45) is 0 Å². The topological polar surface area (TPSA) is 33.7 Å². The minimum atomic E-state index is -0.0317. The average Bonchev–Trinajstić information content (AvgIpc) is 2.43. The Morgan fingerprint density at radius 2 is 2.00 bits per heavy atom. The molecule has 5 heteroatoms. The van der Waals surface area contributed by atoms with E-state index in [9.17, 15) is 0 Å². The smallest absolute Gasteiger partial charge is 0.140 e. The van der Waals surface area contributed by atoms with Gasteiger partial charge >= 0.3 is 0 Å². The molecule has 1 aliphatic rings. The highest BCUT2D eigenvalue weighted by atomic mass is 35.5. The molecule has 0 radical (unpaired) electrons. The number of hydrogen-bond donors (Lipinski definition) is 1. The molecule has 1 aromatic rings. The molecule has 0 saturated carbocycles. The van der Waals surface area contributed by atoms with Gasteiger partial charge in [0.15, 0.2) is 0 Å². The molecular formula is C16H25ClN2O2. The molecule has 1 aliphatic heterocycles. The Labute approximate surface area is 132 Å². The molecule has 21 heavy (non-hydrogen) atoms. The summed E-state index contributed by atoms with van der Waals surface area (Å²) in [6, 6.07) is 5.85. The van der Waals surface area contributed by atoms with Gasteiger partial charge in [0.2, 0.25) is 0 Å². The van der Waals surface area contributed by atoms with Crippen LogP contribution in [0.4, 0.5) is 5.69 Å². The van der Waals surface area contributed by atoms with E-state index in [-0.39, 0.29) is 5.54 Å². The molecule has 1 aromatic carbocycles. The minimum absolute atomic E-state index is 0.0317. The minimum Gasteiger partial charge on any atom is -0.491 e.